The SMILES string of the molecule is Cc1ccc2c(c1)C(=C(c1ccc(C(F)(F)F)cc1)c1c[nH]c3ccccc13)C=N2. The van der Waals surface area contributed by atoms with Crippen LogP contribution in [0.25, 0.3) is 22.0 Å². The van der Waals surface area contributed by atoms with E-state index >= 15 is 0 Å². The number of hydrogen-bond acceptors (Lipinski definition) is 1. The van der Waals surface area contributed by atoms with E-state index in [0.717, 1.165) is 56.6 Å². The van der Waals surface area contributed by atoms with Gasteiger partial charge < -0.3 is 4.98 Å². The van der Waals surface area contributed by atoms with Crippen LogP contribution in [-0.4, -0.2) is 11.2 Å². The van der Waals surface area contributed by atoms with Crippen molar-refractivity contribution in [2.24, 2.45) is 4.99 Å². The van der Waals surface area contributed by atoms with Crippen molar-refractivity contribution in [3.05, 3.63) is 101 Å². The Hall–Kier alpha value is -3.60. The van der Waals surface area contributed by atoms with Crippen LogP contribution < -0.4 is 0 Å². The zero-order chi connectivity index (χ0) is 20.9. The summed E-state index contributed by atoms with van der Waals surface area (Å²) in [4.78, 5) is 7.82. The molecule has 0 radical (unpaired) electrons. The lowest BCUT2D eigenvalue weighted by molar-refractivity contribution is -0.137. The predicted molar refractivity (Wildman–Crippen MR) is 115 cm³/mol. The number of nitrogens with zero attached hydrogens (tertiary/aromatic N) is 1. The normalized spacial score (nSPS) is 14.9. The number of nitrogens with one attached hydrogen (secondary N) is 1. The molecule has 0 amide bonds. The Morgan fingerprint density at radius 3 is 2.47 bits per heavy atom. The van der Waals surface area contributed by atoms with Gasteiger partial charge in [0.05, 0.1) is 11.3 Å². The van der Waals surface area contributed by atoms with E-state index in [1.807, 2.05) is 49.5 Å². The summed E-state index contributed by atoms with van der Waals surface area (Å²) in [6.07, 6.45) is -0.656. The number of para-hydroxylation sites is 1. The fraction of sp³-hybridized carbons (Fsp3) is 0.0800. The van der Waals surface area contributed by atoms with Crippen molar-refractivity contribution in [1.29, 1.82) is 0 Å². The number of aromatic amines is 1. The largest absolute Gasteiger partial charge is 0.416 e. The first-order valence-corrected chi connectivity index (χ1v) is 9.55. The summed E-state index contributed by atoms with van der Waals surface area (Å²) in [5.41, 5.74) is 6.65. The van der Waals surface area contributed by atoms with Crippen LogP contribution >= 0.6 is 0 Å². The maximum absolute atomic E-state index is 13.1. The molecule has 0 fully saturated rings. The maximum Gasteiger partial charge on any atom is 0.416 e. The molecule has 0 saturated heterocycles. The lowest BCUT2D eigenvalue weighted by atomic mass is 9.89. The summed E-state index contributed by atoms with van der Waals surface area (Å²) in [5, 5.41) is 1.01. The summed E-state index contributed by atoms with van der Waals surface area (Å²) in [7, 11) is 0. The molecule has 0 saturated carbocycles. The number of rotatable bonds is 2. The van der Waals surface area contributed by atoms with Crippen LogP contribution in [0, 0.1) is 6.92 Å². The number of aliphatic imine (C=N–C) groups is 1. The Balaban J connectivity index is 1.79. The fourth-order valence-electron chi connectivity index (χ4n) is 3.94. The van der Waals surface area contributed by atoms with Gasteiger partial charge in [0.1, 0.15) is 0 Å². The van der Waals surface area contributed by atoms with Gasteiger partial charge in [0.2, 0.25) is 0 Å². The number of H-pyrrole nitrogens is 1. The number of aryl methyl sites for hydroxylation is 1. The van der Waals surface area contributed by atoms with Gasteiger partial charge >= 0.3 is 6.18 Å². The number of hydrogen-bond donors (Lipinski definition) is 1. The van der Waals surface area contributed by atoms with Crippen molar-refractivity contribution in [2.45, 2.75) is 13.1 Å². The summed E-state index contributed by atoms with van der Waals surface area (Å²) >= 11 is 0. The highest BCUT2D eigenvalue weighted by Gasteiger charge is 2.30. The standard InChI is InChI=1S/C25H17F3N2/c1-15-6-11-23-19(12-15)21(14-30-23)24(16-7-9-17(10-8-16)25(26,27)28)20-13-29-22-5-3-2-4-18(20)22/h2-14,29H,1H3. The van der Waals surface area contributed by atoms with Gasteiger partial charge in [-0.2, -0.15) is 13.2 Å². The van der Waals surface area contributed by atoms with Crippen molar-refractivity contribution in [2.75, 3.05) is 0 Å². The van der Waals surface area contributed by atoms with Crippen LogP contribution in [0.5, 0.6) is 0 Å². The first-order valence-electron chi connectivity index (χ1n) is 9.55. The Labute approximate surface area is 171 Å². The van der Waals surface area contributed by atoms with Gasteiger partial charge in [-0.25, -0.2) is 0 Å². The molecule has 0 unspecified atom stereocenters. The molecule has 1 aromatic heterocycles. The molecule has 1 aliphatic heterocycles. The fourth-order valence-corrected chi connectivity index (χ4v) is 3.94. The van der Waals surface area contributed by atoms with Crippen LogP contribution in [0.1, 0.15) is 27.8 Å². The van der Waals surface area contributed by atoms with Crippen LogP contribution in [0.2, 0.25) is 0 Å². The predicted octanol–water partition coefficient (Wildman–Crippen LogP) is 7.17. The van der Waals surface area contributed by atoms with Crippen LogP contribution in [0.3, 0.4) is 0 Å². The topological polar surface area (TPSA) is 28.1 Å². The number of alkyl halides is 3. The van der Waals surface area contributed by atoms with Gasteiger partial charge in [-0.15, -0.1) is 0 Å². The summed E-state index contributed by atoms with van der Waals surface area (Å²) < 4.78 is 39.3. The molecule has 5 rings (SSSR count). The zero-order valence-corrected chi connectivity index (χ0v) is 16.1. The molecule has 0 aliphatic carbocycles. The molecule has 2 heterocycles. The second-order valence-electron chi connectivity index (χ2n) is 7.39. The molecular weight excluding hydrogens is 385 g/mol. The highest BCUT2D eigenvalue weighted by atomic mass is 19.4. The minimum atomic E-state index is -4.37. The first-order chi connectivity index (χ1) is 14.4. The van der Waals surface area contributed by atoms with Gasteiger partial charge in [-0.3, -0.25) is 4.99 Å². The lowest BCUT2D eigenvalue weighted by Crippen LogP contribution is -2.04. The molecule has 30 heavy (non-hydrogen) atoms. The summed E-state index contributed by atoms with van der Waals surface area (Å²) in [6, 6.07) is 19.3. The number of aromatic nitrogens is 1. The smallest absolute Gasteiger partial charge is 0.361 e. The molecular formula is C25H17F3N2. The van der Waals surface area contributed by atoms with Crippen LogP contribution in [0.4, 0.5) is 18.9 Å². The average molecular weight is 402 g/mol. The Bertz CT molecular complexity index is 1320. The van der Waals surface area contributed by atoms with E-state index in [1.165, 1.54) is 12.1 Å². The third kappa shape index (κ3) is 3.03. The molecule has 3 aromatic carbocycles. The molecule has 0 bridgehead atoms. The average Bonchev–Trinajstić information content (AvgIpc) is 3.33. The number of benzene rings is 3. The van der Waals surface area contributed by atoms with E-state index in [2.05, 4.69) is 16.0 Å². The highest BCUT2D eigenvalue weighted by molar-refractivity contribution is 6.27. The van der Waals surface area contributed by atoms with Crippen molar-refractivity contribution in [3.63, 3.8) is 0 Å². The van der Waals surface area contributed by atoms with Crippen molar-refractivity contribution in [1.82, 2.24) is 4.98 Å². The van der Waals surface area contributed by atoms with E-state index in [9.17, 15) is 13.2 Å². The Morgan fingerprint density at radius 2 is 1.70 bits per heavy atom. The number of fused-ring (bicyclic) bond motifs is 2. The minimum Gasteiger partial charge on any atom is -0.361 e. The molecule has 0 atom stereocenters. The second kappa shape index (κ2) is 6.73. The third-order valence-corrected chi connectivity index (χ3v) is 5.40. The van der Waals surface area contributed by atoms with Gasteiger partial charge in [0, 0.05) is 45.6 Å². The van der Waals surface area contributed by atoms with Gasteiger partial charge in [0.25, 0.3) is 0 Å². The molecule has 1 aliphatic rings. The van der Waals surface area contributed by atoms with E-state index < -0.39 is 11.7 Å². The van der Waals surface area contributed by atoms with Gasteiger partial charge in [-0.05, 0) is 42.8 Å². The first kappa shape index (κ1) is 18.4. The second-order valence-corrected chi connectivity index (χ2v) is 7.39. The molecule has 2 nitrogen and oxygen atoms in total. The summed E-state index contributed by atoms with van der Waals surface area (Å²) in [6.45, 7) is 2.01. The van der Waals surface area contributed by atoms with Crippen LogP contribution in [0.15, 0.2) is 77.9 Å². The minimum absolute atomic E-state index is 0.661. The monoisotopic (exact) mass is 402 g/mol. The van der Waals surface area contributed by atoms with Crippen LogP contribution in [-0.2, 0) is 6.18 Å². The van der Waals surface area contributed by atoms with Crippen molar-refractivity contribution in [3.8, 4) is 0 Å². The maximum atomic E-state index is 13.1. The quantitative estimate of drug-likeness (QED) is 0.368. The lowest BCUT2D eigenvalue weighted by Gasteiger charge is -2.14. The summed E-state index contributed by atoms with van der Waals surface area (Å²) in [5.74, 6) is 0. The number of halogens is 3. The molecule has 1 N–H and O–H groups in total. The van der Waals surface area contributed by atoms with E-state index in [-0.39, 0.29) is 0 Å². The highest BCUT2D eigenvalue weighted by Crippen LogP contribution is 2.42. The Morgan fingerprint density at radius 1 is 0.933 bits per heavy atom. The van der Waals surface area contributed by atoms with Crippen molar-refractivity contribution < 1.29 is 13.2 Å². The third-order valence-electron chi connectivity index (χ3n) is 5.40. The van der Waals surface area contributed by atoms with Crippen molar-refractivity contribution >= 4 is 34.0 Å². The zero-order valence-electron chi connectivity index (χ0n) is 16.1. The van der Waals surface area contributed by atoms with Gasteiger partial charge in [0.15, 0.2) is 0 Å². The Kier molecular flexibility index (Phi) is 4.13. The molecule has 148 valence electrons. The van der Waals surface area contributed by atoms with E-state index in [0.29, 0.717) is 5.56 Å². The van der Waals surface area contributed by atoms with E-state index in [4.69, 9.17) is 0 Å². The van der Waals surface area contributed by atoms with E-state index in [1.54, 1.807) is 6.21 Å². The molecule has 0 spiro atoms. The molecule has 4 aromatic rings. The number of allylic oxidation sites excluding steroid dienone is 1. The van der Waals surface area contributed by atoms with Gasteiger partial charge in [-0.1, -0.05) is 42.0 Å². The molecule has 5 heteroatoms.